The third-order valence-electron chi connectivity index (χ3n) is 12.1. The number of aliphatic hydroxyl groups is 1. The molecule has 7 rings (SSSR count). The van der Waals surface area contributed by atoms with Crippen LogP contribution >= 0.6 is 0 Å². The molecule has 0 aromatic heterocycles. The molecule has 7 aliphatic rings. The molecule has 12 unspecified atom stereocenters. The lowest BCUT2D eigenvalue weighted by atomic mass is 9.43. The Morgan fingerprint density at radius 2 is 1.58 bits per heavy atom. The molecule has 1 heterocycles. The molecule has 0 bridgehead atoms. The van der Waals surface area contributed by atoms with E-state index < -0.39 is 29.2 Å². The van der Waals surface area contributed by atoms with Crippen molar-refractivity contribution in [3.05, 3.63) is 0 Å². The van der Waals surface area contributed by atoms with E-state index in [0.717, 1.165) is 38.5 Å². The number of rotatable bonds is 3. The largest absolute Gasteiger partial charge is 0.481 e. The fraction of sp³-hybridized carbons (Fsp3) is 0.935. The highest BCUT2D eigenvalue weighted by atomic mass is 16.7. The molecule has 1 saturated heterocycles. The minimum Gasteiger partial charge on any atom is -0.481 e. The molecular weight excluding hydrogens is 484 g/mol. The SMILES string of the molecule is CC.CC.CC(C(=O)O)C(=O)OC1C2CC2C2C3C4CC4C4(O)CC5(CCC4(C)C3CCC12C)OCCO5. The summed E-state index contributed by atoms with van der Waals surface area (Å²) in [5.41, 5.74) is -0.969. The van der Waals surface area contributed by atoms with E-state index in [-0.39, 0.29) is 16.9 Å². The van der Waals surface area contributed by atoms with Gasteiger partial charge in [-0.1, -0.05) is 41.5 Å². The second-order valence-corrected chi connectivity index (χ2v) is 13.4. The van der Waals surface area contributed by atoms with Gasteiger partial charge in [-0.05, 0) is 80.5 Å². The van der Waals surface area contributed by atoms with Crippen molar-refractivity contribution in [2.24, 2.45) is 58.2 Å². The average Bonchev–Trinajstić information content (AvgIpc) is 3.81. The molecule has 7 heteroatoms. The van der Waals surface area contributed by atoms with Gasteiger partial charge in [-0.25, -0.2) is 0 Å². The summed E-state index contributed by atoms with van der Waals surface area (Å²) in [6.45, 7) is 15.3. The number of ether oxygens (including phenoxy) is 3. The Kier molecular flexibility index (Phi) is 7.04. The molecule has 0 aromatic rings. The van der Waals surface area contributed by atoms with Gasteiger partial charge in [-0.15, -0.1) is 0 Å². The van der Waals surface area contributed by atoms with Gasteiger partial charge in [0.05, 0.1) is 18.8 Å². The maximum Gasteiger partial charge on any atom is 0.320 e. The molecule has 7 fully saturated rings. The van der Waals surface area contributed by atoms with Gasteiger partial charge in [0, 0.05) is 23.7 Å². The predicted molar refractivity (Wildman–Crippen MR) is 142 cm³/mol. The quantitative estimate of drug-likeness (QED) is 0.375. The van der Waals surface area contributed by atoms with Crippen LogP contribution in [-0.2, 0) is 23.8 Å². The Morgan fingerprint density at radius 3 is 2.21 bits per heavy atom. The maximum atomic E-state index is 12.6. The van der Waals surface area contributed by atoms with Crippen molar-refractivity contribution in [1.82, 2.24) is 0 Å². The van der Waals surface area contributed by atoms with Crippen molar-refractivity contribution < 1.29 is 34.0 Å². The van der Waals surface area contributed by atoms with E-state index in [0.29, 0.717) is 61.1 Å². The zero-order valence-corrected chi connectivity index (χ0v) is 24.5. The summed E-state index contributed by atoms with van der Waals surface area (Å²) >= 11 is 0. The van der Waals surface area contributed by atoms with Crippen LogP contribution in [0.1, 0.15) is 93.4 Å². The fourth-order valence-electron chi connectivity index (χ4n) is 10.3. The van der Waals surface area contributed by atoms with E-state index in [4.69, 9.17) is 14.2 Å². The summed E-state index contributed by atoms with van der Waals surface area (Å²) in [4.78, 5) is 24.0. The van der Waals surface area contributed by atoms with Crippen LogP contribution in [0.3, 0.4) is 0 Å². The second-order valence-electron chi connectivity index (χ2n) is 13.4. The molecule has 6 aliphatic carbocycles. The predicted octanol–water partition coefficient (Wildman–Crippen LogP) is 5.28. The Bertz CT molecular complexity index is 945. The lowest BCUT2D eigenvalue weighted by Gasteiger charge is -2.65. The molecule has 1 spiro atoms. The van der Waals surface area contributed by atoms with Crippen LogP contribution in [-0.4, -0.2) is 52.9 Å². The smallest absolute Gasteiger partial charge is 0.320 e. The minimum absolute atomic E-state index is 0.0881. The van der Waals surface area contributed by atoms with Crippen LogP contribution in [0, 0.1) is 58.2 Å². The average molecular weight is 535 g/mol. The summed E-state index contributed by atoms with van der Waals surface area (Å²) < 4.78 is 18.1. The molecule has 0 radical (unpaired) electrons. The second kappa shape index (κ2) is 9.44. The van der Waals surface area contributed by atoms with Crippen molar-refractivity contribution in [3.63, 3.8) is 0 Å². The van der Waals surface area contributed by atoms with E-state index in [1.54, 1.807) is 0 Å². The number of aliphatic carboxylic acids is 1. The first kappa shape index (κ1) is 28.4. The van der Waals surface area contributed by atoms with Crippen LogP contribution < -0.4 is 0 Å². The number of carboxylic acid groups (broad SMARTS) is 1. The Hall–Kier alpha value is -1.18. The molecule has 1 aliphatic heterocycles. The number of carbonyl (C=O) groups is 2. The fourth-order valence-corrected chi connectivity index (χ4v) is 10.3. The molecular formula is C31H50O7. The van der Waals surface area contributed by atoms with Gasteiger partial charge in [0.2, 0.25) is 0 Å². The molecule has 12 atom stereocenters. The van der Waals surface area contributed by atoms with Crippen LogP contribution in [0.25, 0.3) is 0 Å². The summed E-state index contributed by atoms with van der Waals surface area (Å²) in [6.07, 6.45) is 6.40. The molecule has 38 heavy (non-hydrogen) atoms. The van der Waals surface area contributed by atoms with Gasteiger partial charge in [-0.2, -0.15) is 0 Å². The monoisotopic (exact) mass is 534 g/mol. The molecule has 0 aromatic carbocycles. The van der Waals surface area contributed by atoms with Crippen LogP contribution in [0.4, 0.5) is 0 Å². The highest BCUT2D eigenvalue weighted by Gasteiger charge is 2.80. The molecule has 216 valence electrons. The van der Waals surface area contributed by atoms with E-state index in [1.165, 1.54) is 6.92 Å². The summed E-state index contributed by atoms with van der Waals surface area (Å²) in [5, 5.41) is 21.6. The van der Waals surface area contributed by atoms with Crippen molar-refractivity contribution in [1.29, 1.82) is 0 Å². The van der Waals surface area contributed by atoms with Crippen LogP contribution in [0.5, 0.6) is 0 Å². The van der Waals surface area contributed by atoms with Crippen molar-refractivity contribution >= 4 is 11.9 Å². The molecule has 7 nitrogen and oxygen atoms in total. The Labute approximate surface area is 228 Å². The van der Waals surface area contributed by atoms with Gasteiger partial charge in [0.15, 0.2) is 11.7 Å². The maximum absolute atomic E-state index is 12.6. The zero-order chi connectivity index (χ0) is 27.8. The number of esters is 1. The van der Waals surface area contributed by atoms with Crippen LogP contribution in [0.2, 0.25) is 0 Å². The lowest BCUT2D eigenvalue weighted by Crippen LogP contribution is -2.66. The molecule has 0 amide bonds. The van der Waals surface area contributed by atoms with Gasteiger partial charge in [0.1, 0.15) is 6.10 Å². The van der Waals surface area contributed by atoms with Gasteiger partial charge in [0.25, 0.3) is 0 Å². The van der Waals surface area contributed by atoms with Crippen molar-refractivity contribution in [3.8, 4) is 0 Å². The summed E-state index contributed by atoms with van der Waals surface area (Å²) in [7, 11) is 0. The summed E-state index contributed by atoms with van der Waals surface area (Å²) in [5.74, 6) is -0.121. The van der Waals surface area contributed by atoms with E-state index >= 15 is 0 Å². The highest BCUT2D eigenvalue weighted by molar-refractivity contribution is 5.93. The first-order chi connectivity index (χ1) is 18.0. The topological polar surface area (TPSA) is 102 Å². The van der Waals surface area contributed by atoms with Crippen LogP contribution in [0.15, 0.2) is 0 Å². The number of carboxylic acids is 1. The highest BCUT2D eigenvalue weighted by Crippen LogP contribution is 2.80. The number of fused-ring (bicyclic) bond motifs is 10. The van der Waals surface area contributed by atoms with Gasteiger partial charge in [-0.3, -0.25) is 9.59 Å². The lowest BCUT2D eigenvalue weighted by molar-refractivity contribution is -0.291. The van der Waals surface area contributed by atoms with E-state index in [2.05, 4.69) is 13.8 Å². The Balaban J connectivity index is 0.000000704. The number of hydrogen-bond acceptors (Lipinski definition) is 6. The van der Waals surface area contributed by atoms with Gasteiger partial charge < -0.3 is 24.4 Å². The van der Waals surface area contributed by atoms with E-state index in [9.17, 15) is 19.8 Å². The normalized spacial score (nSPS) is 50.7. The minimum atomic E-state index is -1.12. The van der Waals surface area contributed by atoms with Crippen molar-refractivity contribution in [2.45, 2.75) is 111 Å². The molecule has 2 N–H and O–H groups in total. The third kappa shape index (κ3) is 3.69. The molecule has 6 saturated carbocycles. The summed E-state index contributed by atoms with van der Waals surface area (Å²) in [6, 6.07) is 0. The standard InChI is InChI=1S/C27H38O7.2C2H6/c1-13(22(28)29)23(30)34-21-15-10-14(15)20-19-16-11-18(16)27(31)12-26(32-8-9-33-26)7-6-25(27,3)17(19)4-5-24(20,21)2;2*1-2/h13-21,31H,4-12H2,1-3H3,(H,28,29);2*1-2H3. The van der Waals surface area contributed by atoms with E-state index in [1.807, 2.05) is 27.7 Å². The first-order valence-corrected chi connectivity index (χ1v) is 15.5. The van der Waals surface area contributed by atoms with Gasteiger partial charge >= 0.3 is 11.9 Å². The zero-order valence-electron chi connectivity index (χ0n) is 24.5. The Morgan fingerprint density at radius 1 is 0.921 bits per heavy atom. The van der Waals surface area contributed by atoms with Crippen molar-refractivity contribution in [2.75, 3.05) is 13.2 Å². The number of carbonyl (C=O) groups excluding carboxylic acids is 1. The number of hydrogen-bond donors (Lipinski definition) is 2. The third-order valence-corrected chi connectivity index (χ3v) is 12.1. The first-order valence-electron chi connectivity index (χ1n) is 15.5.